The first-order chi connectivity index (χ1) is 7.95. The van der Waals surface area contributed by atoms with E-state index in [2.05, 4.69) is 0 Å². The lowest BCUT2D eigenvalue weighted by molar-refractivity contribution is -0.131. The summed E-state index contributed by atoms with van der Waals surface area (Å²) in [7, 11) is 3.28. The minimum absolute atomic E-state index is 0.118. The van der Waals surface area contributed by atoms with Gasteiger partial charge in [-0.15, -0.1) is 0 Å². The Kier molecular flexibility index (Phi) is 4.78. The monoisotopic (exact) mass is 256 g/mol. The molecule has 0 saturated carbocycles. The van der Waals surface area contributed by atoms with E-state index >= 15 is 0 Å². The molecule has 5 heteroatoms. The number of nitrogens with zero attached hydrogens (tertiary/aromatic N) is 1. The summed E-state index contributed by atoms with van der Waals surface area (Å²) >= 11 is 5.92. The molecule has 4 nitrogen and oxygen atoms in total. The number of methoxy groups -OCH3 is 1. The van der Waals surface area contributed by atoms with Gasteiger partial charge in [-0.3, -0.25) is 4.79 Å². The molecule has 0 aliphatic carbocycles. The summed E-state index contributed by atoms with van der Waals surface area (Å²) in [6, 6.07) is 4.80. The molecule has 0 heterocycles. The fraction of sp³-hybridized carbons (Fsp3) is 0.417. The molecule has 0 saturated heterocycles. The van der Waals surface area contributed by atoms with Gasteiger partial charge in [0.2, 0.25) is 5.91 Å². The molecule has 94 valence electrons. The van der Waals surface area contributed by atoms with Crippen LogP contribution in [0.15, 0.2) is 18.2 Å². The third-order valence-corrected chi connectivity index (χ3v) is 2.65. The molecule has 0 radical (unpaired) electrons. The quantitative estimate of drug-likeness (QED) is 0.891. The zero-order chi connectivity index (χ0) is 13.0. The molecule has 0 aliphatic heterocycles. The smallest absolute Gasteiger partial charge is 0.239 e. The topological polar surface area (TPSA) is 55.6 Å². The maximum Gasteiger partial charge on any atom is 0.239 e. The van der Waals surface area contributed by atoms with E-state index in [-0.39, 0.29) is 5.91 Å². The van der Waals surface area contributed by atoms with Crippen molar-refractivity contribution >= 4 is 17.5 Å². The summed E-state index contributed by atoms with van der Waals surface area (Å²) in [6.45, 7) is 2.08. The van der Waals surface area contributed by atoms with E-state index in [1.165, 1.54) is 0 Å². The van der Waals surface area contributed by atoms with Crippen LogP contribution in [0.25, 0.3) is 0 Å². The summed E-state index contributed by atoms with van der Waals surface area (Å²) in [6.07, 6.45) is 0. The lowest BCUT2D eigenvalue weighted by atomic mass is 10.2. The molecular weight excluding hydrogens is 240 g/mol. The summed E-state index contributed by atoms with van der Waals surface area (Å²) in [4.78, 5) is 13.2. The number of hydrogen-bond donors (Lipinski definition) is 1. The Labute approximate surface area is 106 Å². The SMILES string of the molecule is COc1ccc(Cl)cc1CN(C)C(=O)[C@@H](C)N. The van der Waals surface area contributed by atoms with Gasteiger partial charge >= 0.3 is 0 Å². The number of benzene rings is 1. The van der Waals surface area contributed by atoms with Crippen molar-refractivity contribution in [3.05, 3.63) is 28.8 Å². The fourth-order valence-electron chi connectivity index (χ4n) is 1.55. The molecule has 2 N–H and O–H groups in total. The van der Waals surface area contributed by atoms with Gasteiger partial charge in [0.25, 0.3) is 0 Å². The third kappa shape index (κ3) is 3.61. The molecule has 1 aromatic carbocycles. The average Bonchev–Trinajstić information content (AvgIpc) is 2.28. The van der Waals surface area contributed by atoms with Crippen molar-refractivity contribution in [3.63, 3.8) is 0 Å². The van der Waals surface area contributed by atoms with Crippen LogP contribution < -0.4 is 10.5 Å². The molecule has 1 atom stereocenters. The normalized spacial score (nSPS) is 12.1. The Morgan fingerprint density at radius 2 is 2.24 bits per heavy atom. The maximum absolute atomic E-state index is 11.7. The second-order valence-corrected chi connectivity index (χ2v) is 4.38. The Balaban J connectivity index is 2.87. The van der Waals surface area contributed by atoms with E-state index in [0.29, 0.717) is 17.3 Å². The number of halogens is 1. The molecule has 0 bridgehead atoms. The van der Waals surface area contributed by atoms with Crippen LogP contribution in [0.1, 0.15) is 12.5 Å². The van der Waals surface area contributed by atoms with Crippen molar-refractivity contribution in [2.24, 2.45) is 5.73 Å². The molecule has 0 aliphatic rings. The van der Waals surface area contributed by atoms with Crippen molar-refractivity contribution in [1.29, 1.82) is 0 Å². The molecule has 0 unspecified atom stereocenters. The third-order valence-electron chi connectivity index (χ3n) is 2.42. The highest BCUT2D eigenvalue weighted by Gasteiger charge is 2.15. The first kappa shape index (κ1) is 13.8. The minimum atomic E-state index is -0.509. The number of rotatable bonds is 4. The van der Waals surface area contributed by atoms with Crippen LogP contribution in [0.2, 0.25) is 5.02 Å². The zero-order valence-electron chi connectivity index (χ0n) is 10.2. The van der Waals surface area contributed by atoms with Gasteiger partial charge < -0.3 is 15.4 Å². The lowest BCUT2D eigenvalue weighted by Gasteiger charge is -2.20. The van der Waals surface area contributed by atoms with Crippen molar-refractivity contribution in [3.8, 4) is 5.75 Å². The van der Waals surface area contributed by atoms with Gasteiger partial charge in [0.1, 0.15) is 5.75 Å². The molecule has 1 aromatic rings. The van der Waals surface area contributed by atoms with Crippen LogP contribution in [0.5, 0.6) is 5.75 Å². The first-order valence-corrected chi connectivity index (χ1v) is 5.66. The van der Waals surface area contributed by atoms with E-state index in [9.17, 15) is 4.79 Å². The van der Waals surface area contributed by atoms with Crippen LogP contribution in [0.3, 0.4) is 0 Å². The standard InChI is InChI=1S/C12H17ClN2O2/c1-8(14)12(16)15(2)7-9-6-10(13)4-5-11(9)17-3/h4-6,8H,7,14H2,1-3H3/t8-/m1/s1. The zero-order valence-corrected chi connectivity index (χ0v) is 11.0. The van der Waals surface area contributed by atoms with Gasteiger partial charge in [-0.05, 0) is 25.1 Å². The van der Waals surface area contributed by atoms with Crippen LogP contribution >= 0.6 is 11.6 Å². The maximum atomic E-state index is 11.7. The van der Waals surface area contributed by atoms with Gasteiger partial charge in [0.15, 0.2) is 0 Å². The number of carbonyl (C=O) groups excluding carboxylic acids is 1. The fourth-order valence-corrected chi connectivity index (χ4v) is 1.75. The minimum Gasteiger partial charge on any atom is -0.496 e. The molecule has 17 heavy (non-hydrogen) atoms. The second kappa shape index (κ2) is 5.89. The van der Waals surface area contributed by atoms with Crippen LogP contribution in [0, 0.1) is 0 Å². The van der Waals surface area contributed by atoms with Crippen molar-refractivity contribution in [2.75, 3.05) is 14.2 Å². The van der Waals surface area contributed by atoms with Gasteiger partial charge in [0.05, 0.1) is 13.2 Å². The first-order valence-electron chi connectivity index (χ1n) is 5.28. The van der Waals surface area contributed by atoms with E-state index in [0.717, 1.165) is 5.56 Å². The van der Waals surface area contributed by atoms with Gasteiger partial charge in [-0.1, -0.05) is 11.6 Å². The Morgan fingerprint density at radius 1 is 1.59 bits per heavy atom. The van der Waals surface area contributed by atoms with E-state index in [1.54, 1.807) is 44.2 Å². The average molecular weight is 257 g/mol. The number of nitrogens with two attached hydrogens (primary N) is 1. The van der Waals surface area contributed by atoms with E-state index < -0.39 is 6.04 Å². The Bertz CT molecular complexity index is 407. The van der Waals surface area contributed by atoms with Crippen molar-refractivity contribution in [2.45, 2.75) is 19.5 Å². The Hall–Kier alpha value is -1.26. The van der Waals surface area contributed by atoms with Crippen molar-refractivity contribution < 1.29 is 9.53 Å². The number of hydrogen-bond acceptors (Lipinski definition) is 3. The molecular formula is C12H17ClN2O2. The molecule has 1 amide bonds. The predicted octanol–water partition coefficient (Wildman–Crippen LogP) is 1.65. The van der Waals surface area contributed by atoms with E-state index in [1.807, 2.05) is 0 Å². The number of likely N-dealkylation sites (N-methyl/N-ethyl adjacent to an activating group) is 1. The lowest BCUT2D eigenvalue weighted by Crippen LogP contribution is -2.39. The Morgan fingerprint density at radius 3 is 2.76 bits per heavy atom. The molecule has 0 spiro atoms. The highest BCUT2D eigenvalue weighted by atomic mass is 35.5. The molecule has 0 fully saturated rings. The molecule has 1 rings (SSSR count). The summed E-state index contributed by atoms with van der Waals surface area (Å²) in [5, 5.41) is 0.613. The second-order valence-electron chi connectivity index (χ2n) is 3.94. The van der Waals surface area contributed by atoms with Crippen LogP contribution in [0.4, 0.5) is 0 Å². The molecule has 0 aromatic heterocycles. The highest BCUT2D eigenvalue weighted by molar-refractivity contribution is 6.30. The summed E-state index contributed by atoms with van der Waals surface area (Å²) < 4.78 is 5.21. The number of carbonyl (C=O) groups is 1. The largest absolute Gasteiger partial charge is 0.496 e. The van der Waals surface area contributed by atoms with Crippen LogP contribution in [-0.4, -0.2) is 31.0 Å². The number of amides is 1. The van der Waals surface area contributed by atoms with Gasteiger partial charge in [-0.25, -0.2) is 0 Å². The summed E-state index contributed by atoms with van der Waals surface area (Å²) in [5.74, 6) is 0.589. The van der Waals surface area contributed by atoms with Crippen LogP contribution in [-0.2, 0) is 11.3 Å². The van der Waals surface area contributed by atoms with Gasteiger partial charge in [-0.2, -0.15) is 0 Å². The van der Waals surface area contributed by atoms with E-state index in [4.69, 9.17) is 22.1 Å². The van der Waals surface area contributed by atoms with Gasteiger partial charge in [0, 0.05) is 24.2 Å². The number of ether oxygens (including phenoxy) is 1. The summed E-state index contributed by atoms with van der Waals surface area (Å²) in [5.41, 5.74) is 6.40. The predicted molar refractivity (Wildman–Crippen MR) is 68.1 cm³/mol. The highest BCUT2D eigenvalue weighted by Crippen LogP contribution is 2.23. The van der Waals surface area contributed by atoms with Crippen molar-refractivity contribution in [1.82, 2.24) is 4.90 Å².